The lowest BCUT2D eigenvalue weighted by atomic mass is 9.96. The van der Waals surface area contributed by atoms with Gasteiger partial charge in [0.1, 0.15) is 4.90 Å². The third-order valence-corrected chi connectivity index (χ3v) is 6.16. The van der Waals surface area contributed by atoms with E-state index in [0.717, 1.165) is 18.4 Å². The van der Waals surface area contributed by atoms with Gasteiger partial charge >= 0.3 is 0 Å². The van der Waals surface area contributed by atoms with E-state index < -0.39 is 10.0 Å². The summed E-state index contributed by atoms with van der Waals surface area (Å²) in [6.07, 6.45) is 1.95. The van der Waals surface area contributed by atoms with Gasteiger partial charge in [0, 0.05) is 17.0 Å². The Labute approximate surface area is 135 Å². The Kier molecular flexibility index (Phi) is 3.79. The van der Waals surface area contributed by atoms with Crippen LogP contribution in [0.25, 0.3) is 0 Å². The van der Waals surface area contributed by atoms with Crippen LogP contribution >= 0.6 is 11.6 Å². The van der Waals surface area contributed by atoms with Gasteiger partial charge in [-0.25, -0.2) is 13.1 Å². The molecule has 0 bridgehead atoms. The third kappa shape index (κ3) is 2.78. The highest BCUT2D eigenvalue weighted by Crippen LogP contribution is 2.48. The number of halogens is 1. The molecule has 1 heterocycles. The molecule has 0 unspecified atom stereocenters. The number of rotatable bonds is 5. The summed E-state index contributed by atoms with van der Waals surface area (Å²) < 4.78 is 27.7. The zero-order valence-electron chi connectivity index (χ0n) is 12.5. The zero-order valence-corrected chi connectivity index (χ0v) is 14.1. The lowest BCUT2D eigenvalue weighted by molar-refractivity contribution is 0.566. The summed E-state index contributed by atoms with van der Waals surface area (Å²) >= 11 is 5.91. The van der Waals surface area contributed by atoms with Crippen LogP contribution in [-0.2, 0) is 15.4 Å². The molecule has 0 amide bonds. The van der Waals surface area contributed by atoms with Gasteiger partial charge in [-0.05, 0) is 44.4 Å². The zero-order chi connectivity index (χ0) is 16.0. The van der Waals surface area contributed by atoms with Crippen LogP contribution in [-0.4, -0.2) is 25.2 Å². The normalized spacial score (nSPS) is 16.7. The van der Waals surface area contributed by atoms with Crippen molar-refractivity contribution in [1.29, 1.82) is 0 Å². The lowest BCUT2D eigenvalue weighted by Crippen LogP contribution is -2.32. The van der Waals surface area contributed by atoms with Gasteiger partial charge in [-0.1, -0.05) is 23.7 Å². The van der Waals surface area contributed by atoms with Gasteiger partial charge in [0.2, 0.25) is 10.0 Å². The molecule has 1 saturated carbocycles. The summed E-state index contributed by atoms with van der Waals surface area (Å²) in [4.78, 5) is 0.249. The fourth-order valence-electron chi connectivity index (χ4n) is 2.76. The first kappa shape index (κ1) is 15.5. The first-order chi connectivity index (χ1) is 10.3. The maximum absolute atomic E-state index is 12.5. The van der Waals surface area contributed by atoms with Crippen LogP contribution < -0.4 is 4.72 Å². The number of hydrogen-bond acceptors (Lipinski definition) is 3. The Morgan fingerprint density at radius 1 is 1.27 bits per heavy atom. The molecular formula is C15H18ClN3O2S. The minimum Gasteiger partial charge on any atom is -0.281 e. The van der Waals surface area contributed by atoms with E-state index in [4.69, 9.17) is 11.6 Å². The lowest BCUT2D eigenvalue weighted by Gasteiger charge is -2.17. The first-order valence-electron chi connectivity index (χ1n) is 7.11. The van der Waals surface area contributed by atoms with Crippen molar-refractivity contribution >= 4 is 21.6 Å². The molecule has 5 nitrogen and oxygen atoms in total. The maximum Gasteiger partial charge on any atom is 0.244 e. The van der Waals surface area contributed by atoms with Gasteiger partial charge in [-0.2, -0.15) is 5.10 Å². The number of aryl methyl sites for hydroxylation is 2. The van der Waals surface area contributed by atoms with Gasteiger partial charge in [-0.3, -0.25) is 5.10 Å². The van der Waals surface area contributed by atoms with E-state index in [-0.39, 0.29) is 10.3 Å². The predicted octanol–water partition coefficient (Wildman–Crippen LogP) is 2.69. The van der Waals surface area contributed by atoms with Gasteiger partial charge in [0.25, 0.3) is 0 Å². The van der Waals surface area contributed by atoms with Crippen LogP contribution in [0.5, 0.6) is 0 Å². The Morgan fingerprint density at radius 3 is 2.41 bits per heavy atom. The van der Waals surface area contributed by atoms with E-state index in [0.29, 0.717) is 23.0 Å². The predicted molar refractivity (Wildman–Crippen MR) is 85.6 cm³/mol. The molecular weight excluding hydrogens is 322 g/mol. The monoisotopic (exact) mass is 339 g/mol. The highest BCUT2D eigenvalue weighted by Gasteiger charge is 2.45. The van der Waals surface area contributed by atoms with Crippen molar-refractivity contribution in [1.82, 2.24) is 14.9 Å². The smallest absolute Gasteiger partial charge is 0.244 e. The Balaban J connectivity index is 1.79. The van der Waals surface area contributed by atoms with Crippen LogP contribution in [0.3, 0.4) is 0 Å². The summed E-state index contributed by atoms with van der Waals surface area (Å²) in [5.41, 5.74) is 2.06. The second-order valence-electron chi connectivity index (χ2n) is 5.87. The minimum absolute atomic E-state index is 0.108. The molecule has 0 saturated heterocycles. The molecule has 1 aromatic carbocycles. The Hall–Kier alpha value is -1.37. The summed E-state index contributed by atoms with van der Waals surface area (Å²) in [6, 6.07) is 7.63. The van der Waals surface area contributed by atoms with Crippen molar-refractivity contribution in [3.8, 4) is 0 Å². The molecule has 0 radical (unpaired) electrons. The third-order valence-electron chi connectivity index (χ3n) is 4.24. The number of H-pyrrole nitrogens is 1. The van der Waals surface area contributed by atoms with E-state index in [9.17, 15) is 8.42 Å². The SMILES string of the molecule is Cc1n[nH]c(C)c1S(=O)(=O)NCC1(c2ccc(Cl)cc2)CC1. The topological polar surface area (TPSA) is 74.8 Å². The van der Waals surface area contributed by atoms with E-state index in [2.05, 4.69) is 14.9 Å². The fourth-order valence-corrected chi connectivity index (χ4v) is 4.38. The van der Waals surface area contributed by atoms with E-state index >= 15 is 0 Å². The summed E-state index contributed by atoms with van der Waals surface area (Å²) in [5, 5.41) is 7.35. The molecule has 7 heteroatoms. The fraction of sp³-hybridized carbons (Fsp3) is 0.400. The highest BCUT2D eigenvalue weighted by atomic mass is 35.5. The molecule has 1 aliphatic rings. The number of sulfonamides is 1. The Bertz CT molecular complexity index is 773. The number of nitrogens with one attached hydrogen (secondary N) is 2. The standard InChI is InChI=1S/C15H18ClN3O2S/c1-10-14(11(2)19-18-10)22(20,21)17-9-15(7-8-15)12-3-5-13(16)6-4-12/h3-6,17H,7-9H2,1-2H3,(H,18,19). The molecule has 1 aliphatic carbocycles. The van der Waals surface area contributed by atoms with Gasteiger partial charge in [0.05, 0.1) is 11.4 Å². The van der Waals surface area contributed by atoms with Gasteiger partial charge < -0.3 is 0 Å². The van der Waals surface area contributed by atoms with Crippen LogP contribution in [0, 0.1) is 13.8 Å². The molecule has 0 spiro atoms. The van der Waals surface area contributed by atoms with Crippen molar-refractivity contribution in [2.45, 2.75) is 37.0 Å². The summed E-state index contributed by atoms with van der Waals surface area (Å²) in [5.74, 6) is 0. The van der Waals surface area contributed by atoms with Crippen molar-refractivity contribution in [2.75, 3.05) is 6.54 Å². The second kappa shape index (κ2) is 5.37. The van der Waals surface area contributed by atoms with Crippen molar-refractivity contribution in [2.24, 2.45) is 0 Å². The quantitative estimate of drug-likeness (QED) is 0.879. The second-order valence-corrected chi connectivity index (χ2v) is 8.02. The number of nitrogens with zero attached hydrogens (tertiary/aromatic N) is 1. The molecule has 1 fully saturated rings. The van der Waals surface area contributed by atoms with Crippen LogP contribution in [0.15, 0.2) is 29.2 Å². The number of benzene rings is 1. The van der Waals surface area contributed by atoms with E-state index in [1.165, 1.54) is 0 Å². The van der Waals surface area contributed by atoms with Crippen molar-refractivity contribution < 1.29 is 8.42 Å². The average molecular weight is 340 g/mol. The molecule has 118 valence electrons. The van der Waals surface area contributed by atoms with Crippen LogP contribution in [0.2, 0.25) is 5.02 Å². The van der Waals surface area contributed by atoms with Gasteiger partial charge in [-0.15, -0.1) is 0 Å². The van der Waals surface area contributed by atoms with Crippen molar-refractivity contribution in [3.63, 3.8) is 0 Å². The summed E-state index contributed by atoms with van der Waals surface area (Å²) in [7, 11) is -3.56. The first-order valence-corrected chi connectivity index (χ1v) is 8.97. The number of aromatic nitrogens is 2. The summed E-state index contributed by atoms with van der Waals surface area (Å²) in [6.45, 7) is 3.78. The molecule has 0 aliphatic heterocycles. The van der Waals surface area contributed by atoms with Crippen molar-refractivity contribution in [3.05, 3.63) is 46.2 Å². The molecule has 2 aromatic rings. The average Bonchev–Trinajstić information content (AvgIpc) is 3.18. The van der Waals surface area contributed by atoms with E-state index in [1.807, 2.05) is 24.3 Å². The van der Waals surface area contributed by atoms with Gasteiger partial charge in [0.15, 0.2) is 0 Å². The number of aromatic amines is 1. The Morgan fingerprint density at radius 2 is 1.91 bits per heavy atom. The molecule has 22 heavy (non-hydrogen) atoms. The maximum atomic E-state index is 12.5. The molecule has 0 atom stereocenters. The van der Waals surface area contributed by atoms with E-state index in [1.54, 1.807) is 13.8 Å². The molecule has 3 rings (SSSR count). The highest BCUT2D eigenvalue weighted by molar-refractivity contribution is 7.89. The largest absolute Gasteiger partial charge is 0.281 e. The number of hydrogen-bond donors (Lipinski definition) is 2. The van der Waals surface area contributed by atoms with Crippen LogP contribution in [0.4, 0.5) is 0 Å². The molecule has 1 aromatic heterocycles. The molecule has 2 N–H and O–H groups in total. The minimum atomic E-state index is -3.56. The van der Waals surface area contributed by atoms with Crippen LogP contribution in [0.1, 0.15) is 29.8 Å².